The average molecular weight is 403 g/mol. The van der Waals surface area contributed by atoms with Crippen LogP contribution >= 0.6 is 15.9 Å². The number of rotatable bonds is 4. The largest absolute Gasteiger partial charge is 0.496 e. The number of nitrogens with zero attached hydrogens (tertiary/aromatic N) is 4. The molecule has 0 bridgehead atoms. The highest BCUT2D eigenvalue weighted by Gasteiger charge is 2.21. The molecule has 1 aromatic heterocycles. The molecule has 0 aliphatic carbocycles. The van der Waals surface area contributed by atoms with Crippen LogP contribution in [-0.4, -0.2) is 54.1 Å². The molecule has 2 aromatic rings. The summed E-state index contributed by atoms with van der Waals surface area (Å²) in [4.78, 5) is 24.9. The zero-order chi connectivity index (χ0) is 17.6. The maximum Gasteiger partial charge on any atom is 0.246 e. The lowest BCUT2D eigenvalue weighted by molar-refractivity contribution is -0.126. The smallest absolute Gasteiger partial charge is 0.246 e. The van der Waals surface area contributed by atoms with E-state index in [-0.39, 0.29) is 5.91 Å². The fourth-order valence-corrected chi connectivity index (χ4v) is 3.06. The number of carbonyl (C=O) groups excluding carboxylic acids is 1. The van der Waals surface area contributed by atoms with Crippen molar-refractivity contribution in [2.45, 2.75) is 0 Å². The highest BCUT2D eigenvalue weighted by molar-refractivity contribution is 9.10. The Morgan fingerprint density at radius 3 is 2.60 bits per heavy atom. The predicted octanol–water partition coefficient (Wildman–Crippen LogP) is 2.61. The third kappa shape index (κ3) is 4.36. The number of amides is 1. The summed E-state index contributed by atoms with van der Waals surface area (Å²) >= 11 is 3.44. The van der Waals surface area contributed by atoms with Crippen molar-refractivity contribution < 1.29 is 9.53 Å². The van der Waals surface area contributed by atoms with Gasteiger partial charge in [0.2, 0.25) is 11.9 Å². The molecule has 2 heterocycles. The van der Waals surface area contributed by atoms with E-state index in [2.05, 4.69) is 30.8 Å². The molecule has 1 aromatic carbocycles. The Bertz CT molecular complexity index is 759. The van der Waals surface area contributed by atoms with Crippen LogP contribution in [0, 0.1) is 0 Å². The van der Waals surface area contributed by atoms with Crippen LogP contribution in [0.5, 0.6) is 5.75 Å². The van der Waals surface area contributed by atoms with Crippen molar-refractivity contribution in [3.63, 3.8) is 0 Å². The van der Waals surface area contributed by atoms with Crippen LogP contribution in [0.1, 0.15) is 5.56 Å². The molecule has 0 radical (unpaired) electrons. The van der Waals surface area contributed by atoms with Crippen molar-refractivity contribution in [3.8, 4) is 5.75 Å². The van der Waals surface area contributed by atoms with Crippen molar-refractivity contribution in [3.05, 3.63) is 52.8 Å². The van der Waals surface area contributed by atoms with E-state index in [4.69, 9.17) is 4.74 Å². The number of anilines is 1. The molecule has 7 heteroatoms. The van der Waals surface area contributed by atoms with Gasteiger partial charge in [0.15, 0.2) is 0 Å². The van der Waals surface area contributed by atoms with Gasteiger partial charge in [-0.05, 0) is 30.3 Å². The molecule has 0 spiro atoms. The van der Waals surface area contributed by atoms with E-state index in [9.17, 15) is 4.79 Å². The predicted molar refractivity (Wildman–Crippen MR) is 101 cm³/mol. The normalized spacial score (nSPS) is 14.8. The van der Waals surface area contributed by atoms with Crippen LogP contribution in [-0.2, 0) is 4.79 Å². The molecule has 25 heavy (non-hydrogen) atoms. The van der Waals surface area contributed by atoms with Crippen molar-refractivity contribution in [2.75, 3.05) is 38.2 Å². The van der Waals surface area contributed by atoms with Gasteiger partial charge in [-0.1, -0.05) is 15.9 Å². The number of piperazine rings is 1. The SMILES string of the molecule is COc1ccc(Br)cc1/C=C/C(=O)N1CCN(c2ncccn2)CC1. The molecular weight excluding hydrogens is 384 g/mol. The molecular formula is C18H19BrN4O2. The number of hydrogen-bond donors (Lipinski definition) is 0. The summed E-state index contributed by atoms with van der Waals surface area (Å²) in [5, 5.41) is 0. The van der Waals surface area contributed by atoms with Gasteiger partial charge in [0.25, 0.3) is 0 Å². The lowest BCUT2D eigenvalue weighted by atomic mass is 10.2. The topological polar surface area (TPSA) is 58.6 Å². The van der Waals surface area contributed by atoms with Crippen LogP contribution in [0.4, 0.5) is 5.95 Å². The minimum absolute atomic E-state index is 0.00402. The zero-order valence-corrected chi connectivity index (χ0v) is 15.5. The number of halogens is 1. The van der Waals surface area contributed by atoms with E-state index in [0.717, 1.165) is 28.9 Å². The Morgan fingerprint density at radius 2 is 1.92 bits per heavy atom. The summed E-state index contributed by atoms with van der Waals surface area (Å²) in [6, 6.07) is 7.49. The van der Waals surface area contributed by atoms with Crippen molar-refractivity contribution >= 4 is 33.9 Å². The van der Waals surface area contributed by atoms with Gasteiger partial charge in [0, 0.05) is 54.7 Å². The van der Waals surface area contributed by atoms with E-state index in [1.807, 2.05) is 23.1 Å². The highest BCUT2D eigenvalue weighted by Crippen LogP contribution is 2.24. The van der Waals surface area contributed by atoms with E-state index < -0.39 is 0 Å². The Hall–Kier alpha value is -2.41. The third-order valence-electron chi connectivity index (χ3n) is 4.02. The first-order chi connectivity index (χ1) is 12.2. The zero-order valence-electron chi connectivity index (χ0n) is 13.9. The monoisotopic (exact) mass is 402 g/mol. The summed E-state index contributed by atoms with van der Waals surface area (Å²) < 4.78 is 6.27. The Balaban J connectivity index is 1.61. The molecule has 0 unspecified atom stereocenters. The first-order valence-corrected chi connectivity index (χ1v) is 8.79. The van der Waals surface area contributed by atoms with Crippen molar-refractivity contribution in [2.24, 2.45) is 0 Å². The standard InChI is InChI=1S/C18H19BrN4O2/c1-25-16-5-4-15(19)13-14(16)3-6-17(24)22-9-11-23(12-10-22)18-20-7-2-8-21-18/h2-8,13H,9-12H2,1H3/b6-3+. The third-order valence-corrected chi connectivity index (χ3v) is 4.52. The summed E-state index contributed by atoms with van der Waals surface area (Å²) in [5.74, 6) is 1.44. The fraction of sp³-hybridized carbons (Fsp3) is 0.278. The second-order valence-corrected chi connectivity index (χ2v) is 6.50. The van der Waals surface area contributed by atoms with Gasteiger partial charge in [-0.15, -0.1) is 0 Å². The molecule has 6 nitrogen and oxygen atoms in total. The van der Waals surface area contributed by atoms with E-state index >= 15 is 0 Å². The van der Waals surface area contributed by atoms with Gasteiger partial charge in [-0.3, -0.25) is 4.79 Å². The number of hydrogen-bond acceptors (Lipinski definition) is 5. The molecule has 1 saturated heterocycles. The van der Waals surface area contributed by atoms with Gasteiger partial charge in [0.1, 0.15) is 5.75 Å². The maximum atomic E-state index is 12.4. The molecule has 0 N–H and O–H groups in total. The minimum Gasteiger partial charge on any atom is -0.496 e. The second-order valence-electron chi connectivity index (χ2n) is 5.58. The number of benzene rings is 1. The van der Waals surface area contributed by atoms with Gasteiger partial charge in [0.05, 0.1) is 7.11 Å². The number of methoxy groups -OCH3 is 1. The second kappa shape index (κ2) is 8.11. The van der Waals surface area contributed by atoms with Crippen LogP contribution in [0.2, 0.25) is 0 Å². The van der Waals surface area contributed by atoms with Crippen LogP contribution in [0.25, 0.3) is 6.08 Å². The van der Waals surface area contributed by atoms with Crippen LogP contribution in [0.3, 0.4) is 0 Å². The number of carbonyl (C=O) groups is 1. The minimum atomic E-state index is -0.00402. The maximum absolute atomic E-state index is 12.4. The van der Waals surface area contributed by atoms with Gasteiger partial charge in [-0.25, -0.2) is 9.97 Å². The molecule has 1 fully saturated rings. The van der Waals surface area contributed by atoms with Gasteiger partial charge >= 0.3 is 0 Å². The summed E-state index contributed by atoms with van der Waals surface area (Å²) in [6.45, 7) is 2.75. The Morgan fingerprint density at radius 1 is 1.20 bits per heavy atom. The lowest BCUT2D eigenvalue weighted by Crippen LogP contribution is -2.48. The number of aromatic nitrogens is 2. The van der Waals surface area contributed by atoms with E-state index in [1.54, 1.807) is 37.7 Å². The van der Waals surface area contributed by atoms with Crippen molar-refractivity contribution in [1.82, 2.24) is 14.9 Å². The average Bonchev–Trinajstić information content (AvgIpc) is 2.67. The quantitative estimate of drug-likeness (QED) is 0.735. The molecule has 0 saturated carbocycles. The van der Waals surface area contributed by atoms with Crippen molar-refractivity contribution in [1.29, 1.82) is 0 Å². The number of ether oxygens (including phenoxy) is 1. The van der Waals surface area contributed by atoms with Crippen LogP contribution < -0.4 is 9.64 Å². The molecule has 1 aliphatic heterocycles. The van der Waals surface area contributed by atoms with Gasteiger partial charge in [-0.2, -0.15) is 0 Å². The summed E-state index contributed by atoms with van der Waals surface area (Å²) in [6.07, 6.45) is 6.85. The fourth-order valence-electron chi connectivity index (χ4n) is 2.68. The lowest BCUT2D eigenvalue weighted by Gasteiger charge is -2.34. The molecule has 1 aliphatic rings. The summed E-state index contributed by atoms with van der Waals surface area (Å²) in [7, 11) is 1.62. The Kier molecular flexibility index (Phi) is 5.65. The highest BCUT2D eigenvalue weighted by atomic mass is 79.9. The van der Waals surface area contributed by atoms with Gasteiger partial charge < -0.3 is 14.5 Å². The summed E-state index contributed by atoms with van der Waals surface area (Å²) in [5.41, 5.74) is 0.863. The first kappa shape index (κ1) is 17.4. The van der Waals surface area contributed by atoms with E-state index in [1.165, 1.54) is 0 Å². The van der Waals surface area contributed by atoms with Crippen LogP contribution in [0.15, 0.2) is 47.2 Å². The first-order valence-electron chi connectivity index (χ1n) is 8.00. The van der Waals surface area contributed by atoms with E-state index in [0.29, 0.717) is 19.0 Å². The molecule has 1 amide bonds. The molecule has 3 rings (SSSR count). The molecule has 130 valence electrons. The Labute approximate surface area is 155 Å². The molecule has 0 atom stereocenters.